The van der Waals surface area contributed by atoms with E-state index >= 15 is 0 Å². The van der Waals surface area contributed by atoms with Crippen molar-refractivity contribution in [1.82, 2.24) is 4.31 Å². The molecule has 1 rings (SSSR count). The first kappa shape index (κ1) is 17.4. The summed E-state index contributed by atoms with van der Waals surface area (Å²) in [5.74, 6) is -1.79. The van der Waals surface area contributed by atoms with E-state index in [1.54, 1.807) is 0 Å². The number of ether oxygens (including phenoxy) is 1. The number of hydrogen-bond donors (Lipinski definition) is 1. The molecule has 3 unspecified atom stereocenters. The third-order valence-corrected chi connectivity index (χ3v) is 6.60. The first-order chi connectivity index (χ1) is 9.36. The number of aliphatic carboxylic acids is 1. The highest BCUT2D eigenvalue weighted by Crippen LogP contribution is 2.34. The van der Waals surface area contributed by atoms with Crippen molar-refractivity contribution in [3.63, 3.8) is 0 Å². The second-order valence-electron chi connectivity index (χ2n) is 5.32. The van der Waals surface area contributed by atoms with Crippen LogP contribution in [0.25, 0.3) is 0 Å². The zero-order valence-corrected chi connectivity index (χ0v) is 13.2. The Morgan fingerprint density at radius 2 is 2.10 bits per heavy atom. The molecule has 1 aliphatic rings. The van der Waals surface area contributed by atoms with Gasteiger partial charge in [0.25, 0.3) is 0 Å². The third-order valence-electron chi connectivity index (χ3n) is 4.08. The van der Waals surface area contributed by atoms with Crippen LogP contribution in [0.15, 0.2) is 0 Å². The Kier molecular flexibility index (Phi) is 6.42. The van der Waals surface area contributed by atoms with Gasteiger partial charge in [-0.2, -0.15) is 4.31 Å². The third kappa shape index (κ3) is 3.71. The average Bonchev–Trinajstić information content (AvgIpc) is 2.88. The Bertz CT molecular complexity index is 422. The molecule has 6 nitrogen and oxygen atoms in total. The molecule has 0 aliphatic heterocycles. The van der Waals surface area contributed by atoms with E-state index in [9.17, 15) is 18.3 Å². The number of carbonyl (C=O) groups is 1. The number of rotatable bonds is 8. The van der Waals surface area contributed by atoms with Crippen molar-refractivity contribution in [3.8, 4) is 0 Å². The Morgan fingerprint density at radius 1 is 1.45 bits per heavy atom. The number of carboxylic acid groups (broad SMARTS) is 1. The second-order valence-corrected chi connectivity index (χ2v) is 7.42. The summed E-state index contributed by atoms with van der Waals surface area (Å²) in [5, 5.41) is 8.39. The van der Waals surface area contributed by atoms with E-state index in [2.05, 4.69) is 0 Å². The standard InChI is InChI=1S/C13H25NO5S/c1-4-10(2)14(8-9-19-3)20(17,18)12-7-5-6-11(12)13(15)16/h10-12H,4-9H2,1-3H3,(H,15,16). The van der Waals surface area contributed by atoms with Gasteiger partial charge in [-0.3, -0.25) is 4.79 Å². The molecule has 0 bridgehead atoms. The molecule has 0 saturated heterocycles. The summed E-state index contributed by atoms with van der Waals surface area (Å²) in [4.78, 5) is 11.2. The number of sulfonamides is 1. The van der Waals surface area contributed by atoms with Crippen LogP contribution in [-0.4, -0.2) is 55.4 Å². The van der Waals surface area contributed by atoms with Crippen molar-refractivity contribution < 1.29 is 23.1 Å². The lowest BCUT2D eigenvalue weighted by molar-refractivity contribution is -0.141. The highest BCUT2D eigenvalue weighted by molar-refractivity contribution is 7.89. The molecule has 0 spiro atoms. The van der Waals surface area contributed by atoms with E-state index in [-0.39, 0.29) is 12.6 Å². The van der Waals surface area contributed by atoms with Crippen LogP contribution in [0.3, 0.4) is 0 Å². The van der Waals surface area contributed by atoms with Gasteiger partial charge in [0.15, 0.2) is 0 Å². The fraction of sp³-hybridized carbons (Fsp3) is 0.923. The van der Waals surface area contributed by atoms with Crippen LogP contribution in [0.5, 0.6) is 0 Å². The smallest absolute Gasteiger partial charge is 0.307 e. The Morgan fingerprint density at radius 3 is 2.60 bits per heavy atom. The number of hydrogen-bond acceptors (Lipinski definition) is 4. The molecule has 0 aromatic rings. The summed E-state index contributed by atoms with van der Waals surface area (Å²) >= 11 is 0. The monoisotopic (exact) mass is 307 g/mol. The van der Waals surface area contributed by atoms with Crippen LogP contribution >= 0.6 is 0 Å². The van der Waals surface area contributed by atoms with E-state index in [1.807, 2.05) is 13.8 Å². The summed E-state index contributed by atoms with van der Waals surface area (Å²) in [5.41, 5.74) is 0. The van der Waals surface area contributed by atoms with Crippen molar-refractivity contribution in [2.24, 2.45) is 5.92 Å². The van der Waals surface area contributed by atoms with Crippen molar-refractivity contribution in [3.05, 3.63) is 0 Å². The highest BCUT2D eigenvalue weighted by atomic mass is 32.2. The van der Waals surface area contributed by atoms with Crippen LogP contribution in [0.4, 0.5) is 0 Å². The molecule has 1 fully saturated rings. The molecule has 1 aliphatic carbocycles. The largest absolute Gasteiger partial charge is 0.481 e. The van der Waals surface area contributed by atoms with Crippen molar-refractivity contribution in [2.45, 2.75) is 50.8 Å². The van der Waals surface area contributed by atoms with E-state index in [4.69, 9.17) is 4.74 Å². The lowest BCUT2D eigenvalue weighted by atomic mass is 10.1. The molecule has 7 heteroatoms. The van der Waals surface area contributed by atoms with Gasteiger partial charge in [-0.05, 0) is 26.2 Å². The highest BCUT2D eigenvalue weighted by Gasteiger charge is 2.45. The molecular weight excluding hydrogens is 282 g/mol. The molecule has 0 amide bonds. The van der Waals surface area contributed by atoms with Crippen LogP contribution in [0.1, 0.15) is 39.5 Å². The minimum absolute atomic E-state index is 0.148. The number of methoxy groups -OCH3 is 1. The minimum Gasteiger partial charge on any atom is -0.481 e. The molecule has 1 N–H and O–H groups in total. The van der Waals surface area contributed by atoms with Gasteiger partial charge in [0.05, 0.1) is 17.8 Å². The van der Waals surface area contributed by atoms with Crippen LogP contribution in [0.2, 0.25) is 0 Å². The molecule has 0 aromatic carbocycles. The van der Waals surface area contributed by atoms with Crippen LogP contribution < -0.4 is 0 Å². The Hall–Kier alpha value is -0.660. The zero-order chi connectivity index (χ0) is 15.3. The van der Waals surface area contributed by atoms with Crippen LogP contribution in [0, 0.1) is 5.92 Å². The van der Waals surface area contributed by atoms with Gasteiger partial charge in [-0.1, -0.05) is 13.3 Å². The maximum Gasteiger partial charge on any atom is 0.307 e. The first-order valence-electron chi connectivity index (χ1n) is 7.08. The zero-order valence-electron chi connectivity index (χ0n) is 12.4. The summed E-state index contributed by atoms with van der Waals surface area (Å²) in [6.45, 7) is 4.35. The summed E-state index contributed by atoms with van der Waals surface area (Å²) in [6, 6.07) is -0.148. The van der Waals surface area contributed by atoms with Gasteiger partial charge >= 0.3 is 5.97 Å². The lowest BCUT2D eigenvalue weighted by Crippen LogP contribution is -2.47. The molecule has 0 radical (unpaired) electrons. The summed E-state index contributed by atoms with van der Waals surface area (Å²) in [7, 11) is -2.08. The van der Waals surface area contributed by atoms with Crippen molar-refractivity contribution in [1.29, 1.82) is 0 Å². The first-order valence-corrected chi connectivity index (χ1v) is 8.59. The number of carboxylic acids is 1. The molecule has 0 aromatic heterocycles. The van der Waals surface area contributed by atoms with Crippen LogP contribution in [-0.2, 0) is 19.6 Å². The van der Waals surface area contributed by atoms with E-state index in [1.165, 1.54) is 11.4 Å². The quantitative estimate of drug-likeness (QED) is 0.731. The molecule has 0 heterocycles. The van der Waals surface area contributed by atoms with E-state index in [0.29, 0.717) is 32.3 Å². The summed E-state index contributed by atoms with van der Waals surface area (Å²) in [6.07, 6.45) is 2.21. The summed E-state index contributed by atoms with van der Waals surface area (Å²) < 4.78 is 31.9. The average molecular weight is 307 g/mol. The normalized spacial score (nSPS) is 25.0. The Labute approximate surface area is 121 Å². The van der Waals surface area contributed by atoms with Gasteiger partial charge in [-0.25, -0.2) is 8.42 Å². The molecule has 1 saturated carbocycles. The fourth-order valence-electron chi connectivity index (χ4n) is 2.72. The molecule has 20 heavy (non-hydrogen) atoms. The lowest BCUT2D eigenvalue weighted by Gasteiger charge is -2.31. The van der Waals surface area contributed by atoms with Crippen molar-refractivity contribution in [2.75, 3.05) is 20.3 Å². The minimum atomic E-state index is -3.61. The molecular formula is C13H25NO5S. The predicted octanol–water partition coefficient (Wildman–Crippen LogP) is 1.32. The topological polar surface area (TPSA) is 83.9 Å². The molecule has 3 atom stereocenters. The van der Waals surface area contributed by atoms with Gasteiger partial charge in [0.2, 0.25) is 10.0 Å². The second kappa shape index (κ2) is 7.38. The van der Waals surface area contributed by atoms with Gasteiger partial charge in [-0.15, -0.1) is 0 Å². The van der Waals surface area contributed by atoms with Gasteiger partial charge < -0.3 is 9.84 Å². The SMILES string of the molecule is CCC(C)N(CCOC)S(=O)(=O)C1CCCC1C(=O)O. The maximum absolute atomic E-state index is 12.8. The Balaban J connectivity index is 2.99. The van der Waals surface area contributed by atoms with E-state index in [0.717, 1.165) is 0 Å². The maximum atomic E-state index is 12.8. The van der Waals surface area contributed by atoms with Gasteiger partial charge in [0.1, 0.15) is 0 Å². The fourth-order valence-corrected chi connectivity index (χ4v) is 5.18. The molecule has 118 valence electrons. The van der Waals surface area contributed by atoms with Gasteiger partial charge in [0, 0.05) is 19.7 Å². The van der Waals surface area contributed by atoms with E-state index < -0.39 is 27.2 Å². The number of nitrogens with zero attached hydrogens (tertiary/aromatic N) is 1. The predicted molar refractivity (Wildman–Crippen MR) is 76.0 cm³/mol. The van der Waals surface area contributed by atoms with Crippen molar-refractivity contribution >= 4 is 16.0 Å².